The van der Waals surface area contributed by atoms with Gasteiger partial charge < -0.3 is 24.2 Å². The predicted octanol–water partition coefficient (Wildman–Crippen LogP) is 6.77. The van der Waals surface area contributed by atoms with Crippen LogP contribution in [0.5, 0.6) is 0 Å². The molecule has 2 aromatic carbocycles. The fourth-order valence-corrected chi connectivity index (χ4v) is 6.74. The van der Waals surface area contributed by atoms with Gasteiger partial charge in [0.1, 0.15) is 5.60 Å². The standard InChI is InChI=1S/C38H46N4O4/c1-38(2,3)46-37(44)41-21-17-32(29-10-7-9-28(23-29)27-15-18-39-19-16-27)34(26-41)36(43)42(31-13-14-31)25-30-24-40(20-8-22-45-4)35-12-6-5-11-33(30)35/h5-7,9-12,15-16,18-19,23,30-31H,8,13-14,17,20-22,24-26H2,1-4H3. The van der Waals surface area contributed by atoms with Gasteiger partial charge in [0.25, 0.3) is 5.91 Å². The molecule has 8 nitrogen and oxygen atoms in total. The summed E-state index contributed by atoms with van der Waals surface area (Å²) in [4.78, 5) is 38.5. The molecule has 1 aliphatic carbocycles. The van der Waals surface area contributed by atoms with Gasteiger partial charge in [0, 0.05) is 75.5 Å². The van der Waals surface area contributed by atoms with Crippen molar-refractivity contribution in [1.29, 1.82) is 0 Å². The normalized spacial score (nSPS) is 18.0. The molecule has 0 radical (unpaired) electrons. The second-order valence-corrected chi connectivity index (χ2v) is 13.7. The van der Waals surface area contributed by atoms with Crippen molar-refractivity contribution in [1.82, 2.24) is 14.8 Å². The minimum absolute atomic E-state index is 0.0374. The number of nitrogens with zero attached hydrogens (tertiary/aromatic N) is 4. The van der Waals surface area contributed by atoms with E-state index >= 15 is 0 Å². The van der Waals surface area contributed by atoms with Gasteiger partial charge >= 0.3 is 6.09 Å². The summed E-state index contributed by atoms with van der Waals surface area (Å²) in [5.41, 5.74) is 6.82. The molecule has 1 unspecified atom stereocenters. The van der Waals surface area contributed by atoms with E-state index in [0.29, 0.717) is 25.1 Å². The van der Waals surface area contributed by atoms with Crippen molar-refractivity contribution in [3.8, 4) is 11.1 Å². The van der Waals surface area contributed by atoms with E-state index in [1.807, 2.05) is 39.0 Å². The van der Waals surface area contributed by atoms with Crippen LogP contribution >= 0.6 is 0 Å². The lowest BCUT2D eigenvalue weighted by Gasteiger charge is -2.35. The first kappa shape index (κ1) is 31.8. The minimum Gasteiger partial charge on any atom is -0.444 e. The van der Waals surface area contributed by atoms with Gasteiger partial charge in [0.2, 0.25) is 0 Å². The molecular formula is C38H46N4O4. The number of para-hydroxylation sites is 1. The van der Waals surface area contributed by atoms with Crippen LogP contribution in [0, 0.1) is 0 Å². The first-order valence-corrected chi connectivity index (χ1v) is 16.6. The van der Waals surface area contributed by atoms with E-state index in [9.17, 15) is 9.59 Å². The summed E-state index contributed by atoms with van der Waals surface area (Å²) in [6.45, 7) is 9.53. The lowest BCUT2D eigenvalue weighted by atomic mass is 9.90. The fraction of sp³-hybridized carbons (Fsp3) is 0.447. The zero-order valence-corrected chi connectivity index (χ0v) is 27.6. The molecule has 1 atom stereocenters. The highest BCUT2D eigenvalue weighted by molar-refractivity contribution is 6.03. The van der Waals surface area contributed by atoms with Gasteiger partial charge in [0.05, 0.1) is 6.54 Å². The largest absolute Gasteiger partial charge is 0.444 e. The molecule has 1 aromatic heterocycles. The Balaban J connectivity index is 1.32. The van der Waals surface area contributed by atoms with Crippen molar-refractivity contribution < 1.29 is 19.1 Å². The van der Waals surface area contributed by atoms with Crippen LogP contribution < -0.4 is 4.90 Å². The Bertz CT molecular complexity index is 1580. The highest BCUT2D eigenvalue weighted by Crippen LogP contribution is 2.40. The number of hydrogen-bond donors (Lipinski definition) is 0. The molecule has 1 fully saturated rings. The summed E-state index contributed by atoms with van der Waals surface area (Å²) < 4.78 is 11.1. The number of anilines is 1. The second-order valence-electron chi connectivity index (χ2n) is 13.7. The van der Waals surface area contributed by atoms with Crippen LogP contribution in [0.3, 0.4) is 0 Å². The van der Waals surface area contributed by atoms with Gasteiger partial charge in [-0.15, -0.1) is 0 Å². The Kier molecular flexibility index (Phi) is 9.45. The zero-order valence-electron chi connectivity index (χ0n) is 27.6. The number of benzene rings is 2. The second kappa shape index (κ2) is 13.7. The third-order valence-electron chi connectivity index (χ3n) is 9.08. The summed E-state index contributed by atoms with van der Waals surface area (Å²) in [7, 11) is 1.74. The minimum atomic E-state index is -0.616. The van der Waals surface area contributed by atoms with Crippen molar-refractivity contribution in [3.63, 3.8) is 0 Å². The summed E-state index contributed by atoms with van der Waals surface area (Å²) in [5, 5.41) is 0. The van der Waals surface area contributed by atoms with E-state index in [-0.39, 0.29) is 30.5 Å². The van der Waals surface area contributed by atoms with Gasteiger partial charge in [0.15, 0.2) is 0 Å². The maximum Gasteiger partial charge on any atom is 0.410 e. The Labute approximate surface area is 273 Å². The van der Waals surface area contributed by atoms with E-state index < -0.39 is 5.60 Å². The molecule has 46 heavy (non-hydrogen) atoms. The molecule has 3 aliphatic rings. The number of hydrogen-bond acceptors (Lipinski definition) is 6. The maximum absolute atomic E-state index is 14.8. The van der Waals surface area contributed by atoms with Gasteiger partial charge in [-0.2, -0.15) is 0 Å². The smallest absolute Gasteiger partial charge is 0.410 e. The molecule has 3 heterocycles. The Hall–Kier alpha value is -4.17. The lowest BCUT2D eigenvalue weighted by molar-refractivity contribution is -0.128. The van der Waals surface area contributed by atoms with Crippen molar-refractivity contribution in [3.05, 3.63) is 89.8 Å². The number of amides is 2. The predicted molar refractivity (Wildman–Crippen MR) is 182 cm³/mol. The molecule has 3 aromatic rings. The molecule has 0 spiro atoms. The highest BCUT2D eigenvalue weighted by atomic mass is 16.6. The average Bonchev–Trinajstić information content (AvgIpc) is 3.85. The molecule has 1 saturated carbocycles. The van der Waals surface area contributed by atoms with Crippen LogP contribution in [0.4, 0.5) is 10.5 Å². The Morgan fingerprint density at radius 1 is 0.978 bits per heavy atom. The van der Waals surface area contributed by atoms with E-state index in [1.165, 1.54) is 11.3 Å². The number of aromatic nitrogens is 1. The number of ether oxygens (including phenoxy) is 2. The monoisotopic (exact) mass is 622 g/mol. The summed E-state index contributed by atoms with van der Waals surface area (Å²) in [6.07, 6.45) is 6.76. The van der Waals surface area contributed by atoms with Crippen molar-refractivity contribution in [2.45, 2.75) is 64.0 Å². The molecule has 8 heteroatoms. The van der Waals surface area contributed by atoms with Crippen LogP contribution in [0.25, 0.3) is 16.7 Å². The van der Waals surface area contributed by atoms with Crippen LogP contribution in [-0.2, 0) is 14.3 Å². The molecule has 6 rings (SSSR count). The summed E-state index contributed by atoms with van der Waals surface area (Å²) in [6, 6.07) is 21.2. The molecule has 2 aliphatic heterocycles. The number of carbonyl (C=O) groups excluding carboxylic acids is 2. The van der Waals surface area contributed by atoms with Gasteiger partial charge in [-0.25, -0.2) is 4.79 Å². The maximum atomic E-state index is 14.8. The first-order valence-electron chi connectivity index (χ1n) is 16.6. The van der Waals surface area contributed by atoms with Crippen LogP contribution in [0.2, 0.25) is 0 Å². The van der Waals surface area contributed by atoms with E-state index in [1.54, 1.807) is 24.4 Å². The third kappa shape index (κ3) is 7.28. The molecule has 0 N–H and O–H groups in total. The number of rotatable bonds is 10. The van der Waals surface area contributed by atoms with Crippen molar-refractivity contribution in [2.24, 2.45) is 0 Å². The topological polar surface area (TPSA) is 75.2 Å². The average molecular weight is 623 g/mol. The van der Waals surface area contributed by atoms with Crippen LogP contribution in [0.1, 0.15) is 63.5 Å². The highest BCUT2D eigenvalue weighted by Gasteiger charge is 2.40. The number of methoxy groups -OCH3 is 1. The fourth-order valence-electron chi connectivity index (χ4n) is 6.74. The Morgan fingerprint density at radius 2 is 1.74 bits per heavy atom. The molecule has 2 amide bonds. The summed E-state index contributed by atoms with van der Waals surface area (Å²) >= 11 is 0. The van der Waals surface area contributed by atoms with E-state index in [4.69, 9.17) is 9.47 Å². The first-order chi connectivity index (χ1) is 22.2. The van der Waals surface area contributed by atoms with E-state index in [2.05, 4.69) is 57.2 Å². The summed E-state index contributed by atoms with van der Waals surface area (Å²) in [5.74, 6) is 0.253. The van der Waals surface area contributed by atoms with Crippen LogP contribution in [-0.4, -0.2) is 84.9 Å². The van der Waals surface area contributed by atoms with Crippen LogP contribution in [0.15, 0.2) is 78.6 Å². The number of carbonyl (C=O) groups is 2. The zero-order chi connectivity index (χ0) is 32.3. The lowest BCUT2D eigenvalue weighted by Crippen LogP contribution is -2.45. The molecule has 0 bridgehead atoms. The van der Waals surface area contributed by atoms with Crippen molar-refractivity contribution >= 4 is 23.3 Å². The SMILES string of the molecule is COCCCN1CC(CN(C(=O)C2=C(c3cccc(-c4ccncc4)c3)CCN(C(=O)OC(C)(C)C)C2)C2CC2)c2ccccc21. The number of pyridine rings is 1. The molecule has 242 valence electrons. The quantitative estimate of drug-likeness (QED) is 0.232. The molecular weight excluding hydrogens is 576 g/mol. The van der Waals surface area contributed by atoms with Gasteiger partial charge in [-0.05, 0) is 98.5 Å². The molecule has 0 saturated heterocycles. The number of fused-ring (bicyclic) bond motifs is 1. The Morgan fingerprint density at radius 3 is 2.48 bits per heavy atom. The van der Waals surface area contributed by atoms with Crippen molar-refractivity contribution in [2.75, 3.05) is 51.3 Å². The van der Waals surface area contributed by atoms with Gasteiger partial charge in [-0.1, -0.05) is 36.4 Å². The van der Waals surface area contributed by atoms with E-state index in [0.717, 1.165) is 61.2 Å². The third-order valence-corrected chi connectivity index (χ3v) is 9.08. The van der Waals surface area contributed by atoms with Gasteiger partial charge in [-0.3, -0.25) is 9.78 Å².